The van der Waals surface area contributed by atoms with Gasteiger partial charge in [0.05, 0.1) is 12.0 Å². The maximum atomic E-state index is 12.8. The minimum Gasteiger partial charge on any atom is -0.481 e. The highest BCUT2D eigenvalue weighted by Crippen LogP contribution is 2.33. The van der Waals surface area contributed by atoms with Crippen LogP contribution in [0.3, 0.4) is 0 Å². The van der Waals surface area contributed by atoms with E-state index in [4.69, 9.17) is 16.7 Å². The van der Waals surface area contributed by atoms with Crippen LogP contribution in [-0.4, -0.2) is 22.7 Å². The maximum Gasteiger partial charge on any atom is 0.417 e. The van der Waals surface area contributed by atoms with Crippen molar-refractivity contribution < 1.29 is 27.9 Å². The van der Waals surface area contributed by atoms with Crippen molar-refractivity contribution in [2.75, 3.05) is 5.88 Å². The van der Waals surface area contributed by atoms with E-state index in [0.717, 1.165) is 6.07 Å². The molecule has 0 aromatic heterocycles. The molecule has 0 aliphatic carbocycles. The topological polar surface area (TPSA) is 54.4 Å². The fourth-order valence-corrected chi connectivity index (χ4v) is 1.75. The Kier molecular flexibility index (Phi) is 4.94. The number of carbonyl (C=O) groups excluding carboxylic acids is 1. The average molecular weight is 295 g/mol. The molecule has 19 heavy (non-hydrogen) atoms. The molecule has 0 amide bonds. The summed E-state index contributed by atoms with van der Waals surface area (Å²) in [5, 5.41) is 8.56. The van der Waals surface area contributed by atoms with Gasteiger partial charge in [0.25, 0.3) is 0 Å². The number of benzene rings is 1. The van der Waals surface area contributed by atoms with Crippen LogP contribution < -0.4 is 0 Å². The van der Waals surface area contributed by atoms with Crippen molar-refractivity contribution in [1.82, 2.24) is 0 Å². The Hall–Kier alpha value is -1.56. The van der Waals surface area contributed by atoms with Crippen LogP contribution >= 0.6 is 11.6 Å². The first-order valence-corrected chi connectivity index (χ1v) is 5.80. The Balaban J connectivity index is 3.25. The lowest BCUT2D eigenvalue weighted by molar-refractivity contribution is -0.139. The molecule has 0 spiro atoms. The van der Waals surface area contributed by atoms with E-state index in [9.17, 15) is 22.8 Å². The monoisotopic (exact) mass is 294 g/mol. The quantitative estimate of drug-likeness (QED) is 0.670. The summed E-state index contributed by atoms with van der Waals surface area (Å²) < 4.78 is 38.5. The van der Waals surface area contributed by atoms with Crippen molar-refractivity contribution in [2.45, 2.75) is 19.0 Å². The number of rotatable bonds is 5. The molecular weight excluding hydrogens is 285 g/mol. The molecule has 0 fully saturated rings. The van der Waals surface area contributed by atoms with E-state index in [1.807, 2.05) is 0 Å². The first-order chi connectivity index (χ1) is 8.75. The summed E-state index contributed by atoms with van der Waals surface area (Å²) in [5.41, 5.74) is -1.62. The van der Waals surface area contributed by atoms with Crippen LogP contribution in [0, 0.1) is 0 Å². The number of hydrogen-bond donors (Lipinski definition) is 1. The van der Waals surface area contributed by atoms with E-state index >= 15 is 0 Å². The van der Waals surface area contributed by atoms with Gasteiger partial charge < -0.3 is 5.11 Å². The Labute approximate surface area is 112 Å². The van der Waals surface area contributed by atoms with Crippen LogP contribution in [0.15, 0.2) is 18.2 Å². The number of carbonyl (C=O) groups is 2. The molecule has 3 nitrogen and oxygen atoms in total. The standard InChI is InChI=1S/C12H10ClF3O3/c13-4-3-10(17)8-2-1-7(6-11(18)19)5-9(8)12(14,15)16/h1-2,5H,3-4,6H2,(H,18,19). The molecule has 0 unspecified atom stereocenters. The van der Waals surface area contributed by atoms with Crippen LogP contribution in [0.1, 0.15) is 27.9 Å². The zero-order valence-electron chi connectivity index (χ0n) is 9.63. The lowest BCUT2D eigenvalue weighted by atomic mass is 9.98. The summed E-state index contributed by atoms with van der Waals surface area (Å²) in [5.74, 6) is -2.04. The molecule has 104 valence electrons. The number of halogens is 4. The van der Waals surface area contributed by atoms with Crippen LogP contribution in [-0.2, 0) is 17.4 Å². The van der Waals surface area contributed by atoms with Gasteiger partial charge in [-0.1, -0.05) is 12.1 Å². The Bertz CT molecular complexity index is 497. The van der Waals surface area contributed by atoms with E-state index in [2.05, 4.69) is 0 Å². The summed E-state index contributed by atoms with van der Waals surface area (Å²) in [6, 6.07) is 2.89. The van der Waals surface area contributed by atoms with Crippen molar-refractivity contribution in [1.29, 1.82) is 0 Å². The van der Waals surface area contributed by atoms with Gasteiger partial charge in [0, 0.05) is 17.9 Å². The van der Waals surface area contributed by atoms with E-state index in [0.29, 0.717) is 6.07 Å². The van der Waals surface area contributed by atoms with E-state index in [-0.39, 0.29) is 17.9 Å². The lowest BCUT2D eigenvalue weighted by Gasteiger charge is -2.13. The van der Waals surface area contributed by atoms with Crippen LogP contribution in [0.5, 0.6) is 0 Å². The Morgan fingerprint density at radius 1 is 1.26 bits per heavy atom. The van der Waals surface area contributed by atoms with Crippen molar-refractivity contribution in [3.05, 3.63) is 34.9 Å². The summed E-state index contributed by atoms with van der Waals surface area (Å²) in [4.78, 5) is 22.0. The molecule has 0 saturated carbocycles. The summed E-state index contributed by atoms with van der Waals surface area (Å²) in [6.07, 6.45) is -5.46. The molecule has 0 aliphatic heterocycles. The SMILES string of the molecule is O=C(O)Cc1ccc(C(=O)CCCl)c(C(F)(F)F)c1. The van der Waals surface area contributed by atoms with Crippen molar-refractivity contribution in [3.63, 3.8) is 0 Å². The normalized spacial score (nSPS) is 11.4. The molecule has 0 heterocycles. The van der Waals surface area contributed by atoms with Gasteiger partial charge in [0.15, 0.2) is 5.78 Å². The number of ketones is 1. The van der Waals surface area contributed by atoms with Gasteiger partial charge in [0.2, 0.25) is 0 Å². The fourth-order valence-electron chi connectivity index (χ4n) is 1.57. The molecule has 0 bridgehead atoms. The Morgan fingerprint density at radius 2 is 1.89 bits per heavy atom. The second kappa shape index (κ2) is 6.06. The van der Waals surface area contributed by atoms with E-state index < -0.39 is 35.5 Å². The predicted octanol–water partition coefficient (Wildman–Crippen LogP) is 3.14. The predicted molar refractivity (Wildman–Crippen MR) is 62.5 cm³/mol. The van der Waals surface area contributed by atoms with Gasteiger partial charge in [-0.2, -0.15) is 13.2 Å². The summed E-state index contributed by atoms with van der Waals surface area (Å²) >= 11 is 5.33. The van der Waals surface area contributed by atoms with Crippen LogP contribution in [0.4, 0.5) is 13.2 Å². The van der Waals surface area contributed by atoms with Crippen LogP contribution in [0.2, 0.25) is 0 Å². The van der Waals surface area contributed by atoms with E-state index in [1.54, 1.807) is 0 Å². The highest BCUT2D eigenvalue weighted by molar-refractivity contribution is 6.19. The van der Waals surface area contributed by atoms with Gasteiger partial charge in [-0.3, -0.25) is 9.59 Å². The van der Waals surface area contributed by atoms with Gasteiger partial charge >= 0.3 is 12.1 Å². The van der Waals surface area contributed by atoms with Crippen molar-refractivity contribution >= 4 is 23.4 Å². The number of alkyl halides is 4. The molecule has 0 saturated heterocycles. The molecule has 7 heteroatoms. The van der Waals surface area contributed by atoms with E-state index in [1.165, 1.54) is 6.07 Å². The minimum atomic E-state index is -4.72. The lowest BCUT2D eigenvalue weighted by Crippen LogP contribution is -2.15. The molecule has 1 rings (SSSR count). The fraction of sp³-hybridized carbons (Fsp3) is 0.333. The highest BCUT2D eigenvalue weighted by Gasteiger charge is 2.35. The van der Waals surface area contributed by atoms with Gasteiger partial charge in [0.1, 0.15) is 0 Å². The van der Waals surface area contributed by atoms with Gasteiger partial charge in [-0.05, 0) is 11.6 Å². The second-order valence-electron chi connectivity index (χ2n) is 3.81. The number of hydrogen-bond acceptors (Lipinski definition) is 2. The smallest absolute Gasteiger partial charge is 0.417 e. The third-order valence-electron chi connectivity index (χ3n) is 2.37. The van der Waals surface area contributed by atoms with Crippen LogP contribution in [0.25, 0.3) is 0 Å². The molecule has 0 aliphatic rings. The Morgan fingerprint density at radius 3 is 2.37 bits per heavy atom. The van der Waals surface area contributed by atoms with Crippen molar-refractivity contribution in [2.24, 2.45) is 0 Å². The first kappa shape index (κ1) is 15.5. The molecule has 0 atom stereocenters. The van der Waals surface area contributed by atoms with Gasteiger partial charge in [-0.15, -0.1) is 11.6 Å². The maximum absolute atomic E-state index is 12.8. The second-order valence-corrected chi connectivity index (χ2v) is 4.19. The summed E-state index contributed by atoms with van der Waals surface area (Å²) in [7, 11) is 0. The third kappa shape index (κ3) is 4.24. The molecule has 1 aromatic carbocycles. The molecule has 1 aromatic rings. The zero-order chi connectivity index (χ0) is 14.6. The van der Waals surface area contributed by atoms with Gasteiger partial charge in [-0.25, -0.2) is 0 Å². The number of Topliss-reactive ketones (excluding diaryl/α,β-unsaturated/α-hetero) is 1. The van der Waals surface area contributed by atoms with Crippen molar-refractivity contribution in [3.8, 4) is 0 Å². The highest BCUT2D eigenvalue weighted by atomic mass is 35.5. The summed E-state index contributed by atoms with van der Waals surface area (Å²) in [6.45, 7) is 0. The molecular formula is C12H10ClF3O3. The third-order valence-corrected chi connectivity index (χ3v) is 2.56. The number of carboxylic acid groups (broad SMARTS) is 1. The zero-order valence-corrected chi connectivity index (χ0v) is 10.4. The first-order valence-electron chi connectivity index (χ1n) is 5.26. The average Bonchev–Trinajstić information content (AvgIpc) is 2.27. The number of aliphatic carboxylic acids is 1. The molecule has 0 radical (unpaired) electrons. The molecule has 1 N–H and O–H groups in total. The minimum absolute atomic E-state index is 0.0118. The number of carboxylic acids is 1. The largest absolute Gasteiger partial charge is 0.481 e.